The van der Waals surface area contributed by atoms with Gasteiger partial charge in [-0.2, -0.15) is 0 Å². The van der Waals surface area contributed by atoms with E-state index in [-0.39, 0.29) is 28.0 Å². The van der Waals surface area contributed by atoms with E-state index in [1.165, 1.54) is 12.1 Å². The third-order valence-corrected chi connectivity index (χ3v) is 4.92. The smallest absolute Gasteiger partial charge is 0.338 e. The Labute approximate surface area is 160 Å². The summed E-state index contributed by atoms with van der Waals surface area (Å²) < 4.78 is 33.5. The van der Waals surface area contributed by atoms with E-state index in [4.69, 9.17) is 25.9 Å². The standard InChI is InChI=1S/C17H14ClN3O5S/c1-10-3-2-4-11(7-10)16-21-20-15(26-16)9-25-17(22)12-5-6-13(18)14(8-12)27(19,23)24/h2-8H,9H2,1H3,(H2,19,23,24). The van der Waals surface area contributed by atoms with Crippen molar-refractivity contribution in [3.05, 3.63) is 64.5 Å². The molecule has 0 saturated heterocycles. The third kappa shape index (κ3) is 4.51. The maximum absolute atomic E-state index is 12.1. The fraction of sp³-hybridized carbons (Fsp3) is 0.118. The minimum atomic E-state index is -4.07. The lowest BCUT2D eigenvalue weighted by Gasteiger charge is -2.05. The molecule has 0 aliphatic heterocycles. The van der Waals surface area contributed by atoms with Gasteiger partial charge in [0, 0.05) is 5.56 Å². The van der Waals surface area contributed by atoms with Gasteiger partial charge >= 0.3 is 5.97 Å². The number of benzene rings is 2. The highest BCUT2D eigenvalue weighted by Gasteiger charge is 2.18. The molecule has 8 nitrogen and oxygen atoms in total. The molecule has 0 saturated carbocycles. The van der Waals surface area contributed by atoms with E-state index in [9.17, 15) is 13.2 Å². The quantitative estimate of drug-likeness (QED) is 0.644. The number of ether oxygens (including phenoxy) is 1. The van der Waals surface area contributed by atoms with Crippen LogP contribution in [0.1, 0.15) is 21.8 Å². The molecule has 140 valence electrons. The molecule has 0 bridgehead atoms. The first-order valence-corrected chi connectivity index (χ1v) is 9.55. The number of hydrogen-bond donors (Lipinski definition) is 1. The summed E-state index contributed by atoms with van der Waals surface area (Å²) in [7, 11) is -4.07. The molecule has 1 aromatic heterocycles. The van der Waals surface area contributed by atoms with Crippen LogP contribution in [0.3, 0.4) is 0 Å². The number of hydrogen-bond acceptors (Lipinski definition) is 7. The molecule has 0 radical (unpaired) electrons. The molecule has 3 aromatic rings. The van der Waals surface area contributed by atoms with Crippen LogP contribution in [0, 0.1) is 6.92 Å². The number of nitrogens with zero attached hydrogens (tertiary/aromatic N) is 2. The van der Waals surface area contributed by atoms with E-state index in [0.29, 0.717) is 5.89 Å². The van der Waals surface area contributed by atoms with Crippen LogP contribution in [0.4, 0.5) is 0 Å². The van der Waals surface area contributed by atoms with Crippen LogP contribution >= 0.6 is 11.6 Å². The molecule has 1 heterocycles. The Balaban J connectivity index is 1.72. The molecule has 2 N–H and O–H groups in total. The third-order valence-electron chi connectivity index (χ3n) is 3.53. The largest absolute Gasteiger partial charge is 0.452 e. The van der Waals surface area contributed by atoms with Crippen LogP contribution in [0.15, 0.2) is 51.8 Å². The lowest BCUT2D eigenvalue weighted by Crippen LogP contribution is -2.14. The van der Waals surface area contributed by atoms with Crippen molar-refractivity contribution in [3.63, 3.8) is 0 Å². The number of primary sulfonamides is 1. The zero-order valence-electron chi connectivity index (χ0n) is 14.0. The van der Waals surface area contributed by atoms with Crippen molar-refractivity contribution in [1.29, 1.82) is 0 Å². The van der Waals surface area contributed by atoms with E-state index in [2.05, 4.69) is 10.2 Å². The van der Waals surface area contributed by atoms with Crippen LogP contribution in [-0.4, -0.2) is 24.6 Å². The number of aryl methyl sites for hydroxylation is 1. The summed E-state index contributed by atoms with van der Waals surface area (Å²) in [5.74, 6) is -0.389. The lowest BCUT2D eigenvalue weighted by molar-refractivity contribution is 0.0438. The maximum Gasteiger partial charge on any atom is 0.338 e. The first-order valence-electron chi connectivity index (χ1n) is 7.63. The van der Waals surface area contributed by atoms with Gasteiger partial charge in [-0.05, 0) is 37.3 Å². The van der Waals surface area contributed by atoms with E-state index in [1.807, 2.05) is 31.2 Å². The Bertz CT molecular complexity index is 1110. The van der Waals surface area contributed by atoms with Gasteiger partial charge in [-0.1, -0.05) is 29.3 Å². The zero-order valence-corrected chi connectivity index (χ0v) is 15.6. The maximum atomic E-state index is 12.1. The van der Waals surface area contributed by atoms with E-state index in [0.717, 1.165) is 17.2 Å². The van der Waals surface area contributed by atoms with Crippen LogP contribution < -0.4 is 5.14 Å². The van der Waals surface area contributed by atoms with Crippen molar-refractivity contribution in [1.82, 2.24) is 10.2 Å². The molecule has 0 amide bonds. The Morgan fingerprint density at radius 3 is 2.70 bits per heavy atom. The van der Waals surface area contributed by atoms with Gasteiger partial charge in [-0.25, -0.2) is 18.4 Å². The molecular weight excluding hydrogens is 394 g/mol. The van der Waals surface area contributed by atoms with E-state index >= 15 is 0 Å². The number of aromatic nitrogens is 2. The average molecular weight is 408 g/mol. The Morgan fingerprint density at radius 2 is 2.00 bits per heavy atom. The van der Waals surface area contributed by atoms with Crippen molar-refractivity contribution in [2.24, 2.45) is 5.14 Å². The van der Waals surface area contributed by atoms with Gasteiger partial charge in [-0.15, -0.1) is 10.2 Å². The van der Waals surface area contributed by atoms with Crippen molar-refractivity contribution in [3.8, 4) is 11.5 Å². The molecule has 0 fully saturated rings. The fourth-order valence-corrected chi connectivity index (χ4v) is 3.34. The molecule has 2 aromatic carbocycles. The predicted molar refractivity (Wildman–Crippen MR) is 96.4 cm³/mol. The van der Waals surface area contributed by atoms with Gasteiger partial charge in [0.05, 0.1) is 10.6 Å². The summed E-state index contributed by atoms with van der Waals surface area (Å²) in [5, 5.41) is 12.7. The van der Waals surface area contributed by atoms with Gasteiger partial charge in [0.2, 0.25) is 15.9 Å². The number of carbonyl (C=O) groups is 1. The highest BCUT2D eigenvalue weighted by atomic mass is 35.5. The molecule has 27 heavy (non-hydrogen) atoms. The van der Waals surface area contributed by atoms with Crippen molar-refractivity contribution < 1.29 is 22.4 Å². The monoisotopic (exact) mass is 407 g/mol. The second-order valence-corrected chi connectivity index (χ2v) is 7.57. The number of sulfonamides is 1. The lowest BCUT2D eigenvalue weighted by atomic mass is 10.1. The van der Waals surface area contributed by atoms with Gasteiger partial charge in [0.1, 0.15) is 4.90 Å². The molecule has 10 heteroatoms. The fourth-order valence-electron chi connectivity index (χ4n) is 2.27. The summed E-state index contributed by atoms with van der Waals surface area (Å²) in [6.45, 7) is 1.66. The Hall–Kier alpha value is -2.75. The van der Waals surface area contributed by atoms with Gasteiger partial charge in [0.15, 0.2) is 6.61 Å². The molecule has 0 spiro atoms. The topological polar surface area (TPSA) is 125 Å². The van der Waals surface area contributed by atoms with E-state index < -0.39 is 16.0 Å². The molecule has 0 unspecified atom stereocenters. The molecular formula is C17H14ClN3O5S. The summed E-state index contributed by atoms with van der Waals surface area (Å²) in [4.78, 5) is 11.8. The molecule has 0 aliphatic rings. The predicted octanol–water partition coefficient (Wildman–Crippen LogP) is 2.70. The highest BCUT2D eigenvalue weighted by Crippen LogP contribution is 2.22. The first-order chi connectivity index (χ1) is 12.7. The average Bonchev–Trinajstić information content (AvgIpc) is 3.08. The second-order valence-electron chi connectivity index (χ2n) is 5.64. The van der Waals surface area contributed by atoms with Crippen LogP contribution in [0.25, 0.3) is 11.5 Å². The second kappa shape index (κ2) is 7.47. The van der Waals surface area contributed by atoms with Gasteiger partial charge < -0.3 is 9.15 Å². The molecule has 0 aliphatic carbocycles. The van der Waals surface area contributed by atoms with Crippen LogP contribution in [0.5, 0.6) is 0 Å². The molecule has 3 rings (SSSR count). The Kier molecular flexibility index (Phi) is 5.26. The number of esters is 1. The Morgan fingerprint density at radius 1 is 1.22 bits per heavy atom. The van der Waals surface area contributed by atoms with Crippen LogP contribution in [0.2, 0.25) is 5.02 Å². The molecule has 0 atom stereocenters. The zero-order chi connectivity index (χ0) is 19.6. The number of halogens is 1. The van der Waals surface area contributed by atoms with Gasteiger partial charge in [-0.3, -0.25) is 0 Å². The summed E-state index contributed by atoms with van der Waals surface area (Å²) in [5.41, 5.74) is 1.75. The number of carbonyl (C=O) groups excluding carboxylic acids is 1. The summed E-state index contributed by atoms with van der Waals surface area (Å²) >= 11 is 5.79. The van der Waals surface area contributed by atoms with Crippen LogP contribution in [-0.2, 0) is 21.4 Å². The minimum Gasteiger partial charge on any atom is -0.452 e. The van der Waals surface area contributed by atoms with Crippen molar-refractivity contribution in [2.45, 2.75) is 18.4 Å². The number of nitrogens with two attached hydrogens (primary N) is 1. The van der Waals surface area contributed by atoms with Crippen molar-refractivity contribution >= 4 is 27.6 Å². The van der Waals surface area contributed by atoms with E-state index in [1.54, 1.807) is 0 Å². The first kappa shape index (κ1) is 19.0. The highest BCUT2D eigenvalue weighted by molar-refractivity contribution is 7.89. The van der Waals surface area contributed by atoms with Crippen molar-refractivity contribution in [2.75, 3.05) is 0 Å². The summed E-state index contributed by atoms with van der Waals surface area (Å²) in [6, 6.07) is 11.1. The number of rotatable bonds is 5. The van der Waals surface area contributed by atoms with Gasteiger partial charge in [0.25, 0.3) is 5.89 Å². The normalized spacial score (nSPS) is 11.4. The summed E-state index contributed by atoms with van der Waals surface area (Å²) in [6.07, 6.45) is 0. The minimum absolute atomic E-state index is 0.0261. The SMILES string of the molecule is Cc1cccc(-c2nnc(COC(=O)c3ccc(Cl)c(S(N)(=O)=O)c3)o2)c1.